The molecule has 0 aliphatic heterocycles. The van der Waals surface area contributed by atoms with E-state index in [4.69, 9.17) is 5.73 Å². The van der Waals surface area contributed by atoms with Crippen LogP contribution in [0.5, 0.6) is 0 Å². The summed E-state index contributed by atoms with van der Waals surface area (Å²) in [6.45, 7) is 4.30. The van der Waals surface area contributed by atoms with Crippen LogP contribution in [-0.2, 0) is 6.54 Å². The lowest BCUT2D eigenvalue weighted by Gasteiger charge is -2.40. The second-order valence-electron chi connectivity index (χ2n) is 4.80. The van der Waals surface area contributed by atoms with Crippen LogP contribution in [0.25, 0.3) is 0 Å². The first-order chi connectivity index (χ1) is 7.97. The molecule has 94 valence electrons. The normalized spacial score (nSPS) is 17.5. The van der Waals surface area contributed by atoms with Crippen molar-refractivity contribution in [3.05, 3.63) is 20.8 Å². The molecular formula is C11H18N4O2. The fourth-order valence-electron chi connectivity index (χ4n) is 2.16. The van der Waals surface area contributed by atoms with Gasteiger partial charge in [-0.2, -0.15) is 0 Å². The molecule has 1 fully saturated rings. The molecule has 1 aromatic heterocycles. The van der Waals surface area contributed by atoms with Gasteiger partial charge in [0.25, 0.3) is 5.56 Å². The summed E-state index contributed by atoms with van der Waals surface area (Å²) < 4.78 is 1.35. The van der Waals surface area contributed by atoms with Crippen LogP contribution < -0.4 is 22.3 Å². The lowest BCUT2D eigenvalue weighted by Crippen LogP contribution is -2.45. The monoisotopic (exact) mass is 238 g/mol. The highest BCUT2D eigenvalue weighted by molar-refractivity contribution is 5.61. The van der Waals surface area contributed by atoms with Crippen molar-refractivity contribution in [3.8, 4) is 0 Å². The fourth-order valence-corrected chi connectivity index (χ4v) is 2.16. The lowest BCUT2D eigenvalue weighted by molar-refractivity contribution is 0.306. The molecule has 1 aliphatic rings. The number of hydrogen-bond donors (Lipinski definition) is 3. The first-order valence-electron chi connectivity index (χ1n) is 5.87. The van der Waals surface area contributed by atoms with Crippen LogP contribution in [0.15, 0.2) is 9.59 Å². The molecular weight excluding hydrogens is 220 g/mol. The molecule has 0 amide bonds. The van der Waals surface area contributed by atoms with Crippen molar-refractivity contribution in [2.75, 3.05) is 11.1 Å². The Morgan fingerprint density at radius 2 is 2.12 bits per heavy atom. The molecule has 0 saturated heterocycles. The molecule has 0 radical (unpaired) electrons. The van der Waals surface area contributed by atoms with Gasteiger partial charge < -0.3 is 11.1 Å². The number of aromatic amines is 1. The van der Waals surface area contributed by atoms with Gasteiger partial charge >= 0.3 is 5.69 Å². The average Bonchev–Trinajstić information content (AvgIpc) is 2.22. The highest BCUT2D eigenvalue weighted by Crippen LogP contribution is 2.34. The van der Waals surface area contributed by atoms with Crippen LogP contribution in [0.3, 0.4) is 0 Å². The summed E-state index contributed by atoms with van der Waals surface area (Å²) in [5.74, 6) is 0.217. The summed E-state index contributed by atoms with van der Waals surface area (Å²) in [7, 11) is 0. The second kappa shape index (κ2) is 3.94. The Kier molecular flexibility index (Phi) is 2.73. The topological polar surface area (TPSA) is 92.9 Å². The Balaban J connectivity index is 2.46. The van der Waals surface area contributed by atoms with Crippen LogP contribution >= 0.6 is 0 Å². The molecule has 1 heterocycles. The van der Waals surface area contributed by atoms with Crippen LogP contribution in [0, 0.1) is 0 Å². The third-order valence-electron chi connectivity index (χ3n) is 3.44. The average molecular weight is 238 g/mol. The largest absolute Gasteiger partial charge is 0.383 e. The second-order valence-corrected chi connectivity index (χ2v) is 4.80. The molecule has 6 nitrogen and oxygen atoms in total. The first-order valence-corrected chi connectivity index (χ1v) is 5.87. The van der Waals surface area contributed by atoms with Gasteiger partial charge in [-0.05, 0) is 33.1 Å². The van der Waals surface area contributed by atoms with Crippen LogP contribution in [0.4, 0.5) is 11.5 Å². The Bertz CT molecular complexity index is 539. The minimum atomic E-state index is -0.459. The third kappa shape index (κ3) is 1.94. The van der Waals surface area contributed by atoms with Gasteiger partial charge in [0.15, 0.2) is 0 Å². The van der Waals surface area contributed by atoms with E-state index in [9.17, 15) is 9.59 Å². The summed E-state index contributed by atoms with van der Waals surface area (Å²) in [6.07, 6.45) is 3.17. The Morgan fingerprint density at radius 1 is 1.47 bits per heavy atom. The summed E-state index contributed by atoms with van der Waals surface area (Å²) in [5, 5.41) is 3.16. The maximum atomic E-state index is 11.7. The molecule has 1 saturated carbocycles. The number of nitrogens with two attached hydrogens (primary N) is 1. The molecule has 0 spiro atoms. The molecule has 4 N–H and O–H groups in total. The predicted molar refractivity (Wildman–Crippen MR) is 67.3 cm³/mol. The van der Waals surface area contributed by atoms with E-state index in [0.29, 0.717) is 12.2 Å². The zero-order chi connectivity index (χ0) is 12.6. The molecule has 1 aliphatic carbocycles. The smallest absolute Gasteiger partial charge is 0.330 e. The van der Waals surface area contributed by atoms with Crippen LogP contribution in [0.1, 0.15) is 33.1 Å². The van der Waals surface area contributed by atoms with Crippen LogP contribution in [-0.4, -0.2) is 15.1 Å². The zero-order valence-corrected chi connectivity index (χ0v) is 10.2. The number of nitrogens with zero attached hydrogens (tertiary/aromatic N) is 1. The summed E-state index contributed by atoms with van der Waals surface area (Å²) in [4.78, 5) is 25.5. The highest BCUT2D eigenvalue weighted by atomic mass is 16.2. The van der Waals surface area contributed by atoms with E-state index in [0.717, 1.165) is 19.3 Å². The molecule has 0 unspecified atom stereocenters. The zero-order valence-electron chi connectivity index (χ0n) is 10.2. The van der Waals surface area contributed by atoms with Gasteiger partial charge in [0.1, 0.15) is 11.5 Å². The van der Waals surface area contributed by atoms with Gasteiger partial charge in [-0.25, -0.2) is 4.79 Å². The van der Waals surface area contributed by atoms with E-state index in [2.05, 4.69) is 17.2 Å². The minimum absolute atomic E-state index is 0.0723. The molecule has 1 aromatic rings. The molecule has 0 atom stereocenters. The van der Waals surface area contributed by atoms with Crippen molar-refractivity contribution in [1.82, 2.24) is 9.55 Å². The number of aromatic nitrogens is 2. The SMILES string of the molecule is CCn1c(N)c(NC2(C)CCC2)c(=O)[nH]c1=O. The van der Waals surface area contributed by atoms with Gasteiger partial charge in [-0.3, -0.25) is 14.3 Å². The molecule has 2 rings (SSSR count). The van der Waals surface area contributed by atoms with E-state index >= 15 is 0 Å². The van der Waals surface area contributed by atoms with Gasteiger partial charge in [0.2, 0.25) is 0 Å². The summed E-state index contributed by atoms with van der Waals surface area (Å²) in [5.41, 5.74) is 5.20. The maximum absolute atomic E-state index is 11.7. The first kappa shape index (κ1) is 11.8. The number of rotatable bonds is 3. The van der Waals surface area contributed by atoms with E-state index in [-0.39, 0.29) is 11.4 Å². The number of hydrogen-bond acceptors (Lipinski definition) is 4. The molecule has 6 heteroatoms. The van der Waals surface area contributed by atoms with Crippen LogP contribution in [0.2, 0.25) is 0 Å². The van der Waals surface area contributed by atoms with Crippen molar-refractivity contribution in [1.29, 1.82) is 0 Å². The summed E-state index contributed by atoms with van der Waals surface area (Å²) >= 11 is 0. The van der Waals surface area contributed by atoms with Crippen molar-refractivity contribution in [2.24, 2.45) is 0 Å². The lowest BCUT2D eigenvalue weighted by atomic mass is 9.78. The van der Waals surface area contributed by atoms with Gasteiger partial charge in [0.05, 0.1) is 0 Å². The molecule has 0 bridgehead atoms. The van der Waals surface area contributed by atoms with Crippen molar-refractivity contribution < 1.29 is 0 Å². The van der Waals surface area contributed by atoms with Crippen molar-refractivity contribution >= 4 is 11.5 Å². The number of anilines is 2. The van der Waals surface area contributed by atoms with Gasteiger partial charge in [-0.15, -0.1) is 0 Å². The Hall–Kier alpha value is -1.72. The van der Waals surface area contributed by atoms with E-state index in [1.165, 1.54) is 4.57 Å². The van der Waals surface area contributed by atoms with E-state index in [1.807, 2.05) is 6.92 Å². The van der Waals surface area contributed by atoms with E-state index < -0.39 is 11.2 Å². The van der Waals surface area contributed by atoms with Gasteiger partial charge in [-0.1, -0.05) is 0 Å². The van der Waals surface area contributed by atoms with Crippen molar-refractivity contribution in [2.45, 2.75) is 45.2 Å². The predicted octanol–water partition coefficient (Wildman–Crippen LogP) is 0.493. The standard InChI is InChI=1S/C11H18N4O2/c1-3-15-8(12)7(9(16)13-10(15)17)14-11(2)5-4-6-11/h14H,3-6,12H2,1-2H3,(H,13,16,17). The quantitative estimate of drug-likeness (QED) is 0.714. The minimum Gasteiger partial charge on any atom is -0.383 e. The number of H-pyrrole nitrogens is 1. The highest BCUT2D eigenvalue weighted by Gasteiger charge is 2.33. The van der Waals surface area contributed by atoms with Gasteiger partial charge in [0, 0.05) is 12.1 Å². The molecule has 0 aromatic carbocycles. The fraction of sp³-hybridized carbons (Fsp3) is 0.636. The number of nitrogen functional groups attached to an aromatic ring is 1. The van der Waals surface area contributed by atoms with E-state index in [1.54, 1.807) is 0 Å². The number of nitrogens with one attached hydrogen (secondary N) is 2. The third-order valence-corrected chi connectivity index (χ3v) is 3.44. The van der Waals surface area contributed by atoms with Crippen molar-refractivity contribution in [3.63, 3.8) is 0 Å². The molecule has 17 heavy (non-hydrogen) atoms. The Labute approximate surface area is 98.8 Å². The Morgan fingerprint density at radius 3 is 2.59 bits per heavy atom. The maximum Gasteiger partial charge on any atom is 0.330 e. The summed E-state index contributed by atoms with van der Waals surface area (Å²) in [6, 6.07) is 0.